The van der Waals surface area contributed by atoms with Gasteiger partial charge in [-0.05, 0) is 44.7 Å². The zero-order valence-electron chi connectivity index (χ0n) is 11.5. The average molecular weight is 265 g/mol. The summed E-state index contributed by atoms with van der Waals surface area (Å²) in [5, 5.41) is 3.69. The molecule has 2 nitrogen and oxygen atoms in total. The highest BCUT2D eigenvalue weighted by Gasteiger charge is 2.20. The second kappa shape index (κ2) is 5.98. The molecule has 0 radical (unpaired) electrons. The number of benzene rings is 1. The first-order valence-corrected chi connectivity index (χ1v) is 8.23. The van der Waals surface area contributed by atoms with Crippen molar-refractivity contribution in [1.29, 1.82) is 0 Å². The maximum Gasteiger partial charge on any atom is 0.0297 e. The van der Waals surface area contributed by atoms with Crippen molar-refractivity contribution in [3.8, 4) is 0 Å². The van der Waals surface area contributed by atoms with Crippen LogP contribution in [0.5, 0.6) is 0 Å². The highest BCUT2D eigenvalue weighted by molar-refractivity contribution is 7.85. The van der Waals surface area contributed by atoms with Gasteiger partial charge in [0, 0.05) is 34.4 Å². The number of hydrogen-bond donors (Lipinski definition) is 1. The predicted octanol–water partition coefficient (Wildman–Crippen LogP) is 2.87. The summed E-state index contributed by atoms with van der Waals surface area (Å²) in [7, 11) is -0.568. The summed E-state index contributed by atoms with van der Waals surface area (Å²) in [5.74, 6) is 1.72. The molecule has 1 N–H and O–H groups in total. The van der Waals surface area contributed by atoms with Crippen LogP contribution in [0.25, 0.3) is 0 Å². The zero-order chi connectivity index (χ0) is 13.1. The van der Waals surface area contributed by atoms with Crippen molar-refractivity contribution in [3.05, 3.63) is 34.9 Å². The predicted molar refractivity (Wildman–Crippen MR) is 78.4 cm³/mol. The van der Waals surface area contributed by atoms with Gasteiger partial charge in [0.25, 0.3) is 0 Å². The molecular formula is C15H23NOS. The molecule has 3 heteroatoms. The Morgan fingerprint density at radius 3 is 2.61 bits per heavy atom. The molecule has 1 unspecified atom stereocenters. The van der Waals surface area contributed by atoms with E-state index >= 15 is 0 Å². The standard InChI is InChI=1S/C15H23NOS/c1-11-4-5-12(2)15(10-11)13(3)16-14-6-8-18(17)9-7-14/h4-5,10,13-14,16H,6-9H2,1-3H3. The van der Waals surface area contributed by atoms with Crippen molar-refractivity contribution < 1.29 is 4.21 Å². The van der Waals surface area contributed by atoms with Gasteiger partial charge < -0.3 is 5.32 Å². The van der Waals surface area contributed by atoms with Crippen molar-refractivity contribution in [1.82, 2.24) is 5.32 Å². The van der Waals surface area contributed by atoms with Gasteiger partial charge in [0.2, 0.25) is 0 Å². The van der Waals surface area contributed by atoms with Gasteiger partial charge in [-0.25, -0.2) is 0 Å². The van der Waals surface area contributed by atoms with E-state index in [1.54, 1.807) is 0 Å². The average Bonchev–Trinajstić information content (AvgIpc) is 2.35. The molecule has 1 atom stereocenters. The molecule has 2 rings (SSSR count). The van der Waals surface area contributed by atoms with E-state index in [4.69, 9.17) is 0 Å². The van der Waals surface area contributed by atoms with Crippen molar-refractivity contribution in [2.24, 2.45) is 0 Å². The summed E-state index contributed by atoms with van der Waals surface area (Å²) < 4.78 is 11.3. The van der Waals surface area contributed by atoms with E-state index < -0.39 is 10.8 Å². The SMILES string of the molecule is Cc1ccc(C)c(C(C)NC2CCS(=O)CC2)c1. The van der Waals surface area contributed by atoms with Crippen LogP contribution < -0.4 is 5.32 Å². The smallest absolute Gasteiger partial charge is 0.0297 e. The van der Waals surface area contributed by atoms with Gasteiger partial charge in [-0.3, -0.25) is 4.21 Å². The van der Waals surface area contributed by atoms with Crippen LogP contribution in [-0.4, -0.2) is 21.8 Å². The van der Waals surface area contributed by atoms with Crippen LogP contribution >= 0.6 is 0 Å². The largest absolute Gasteiger partial charge is 0.307 e. The number of hydrogen-bond acceptors (Lipinski definition) is 2. The van der Waals surface area contributed by atoms with Crippen molar-refractivity contribution in [3.63, 3.8) is 0 Å². The zero-order valence-corrected chi connectivity index (χ0v) is 12.3. The third-order valence-electron chi connectivity index (χ3n) is 3.77. The summed E-state index contributed by atoms with van der Waals surface area (Å²) in [4.78, 5) is 0. The minimum atomic E-state index is -0.568. The Morgan fingerprint density at radius 1 is 1.28 bits per heavy atom. The molecule has 0 bridgehead atoms. The van der Waals surface area contributed by atoms with E-state index in [-0.39, 0.29) is 0 Å². The molecule has 1 saturated heterocycles. The summed E-state index contributed by atoms with van der Waals surface area (Å²) in [6, 6.07) is 7.53. The highest BCUT2D eigenvalue weighted by atomic mass is 32.2. The lowest BCUT2D eigenvalue weighted by atomic mass is 9.98. The van der Waals surface area contributed by atoms with Gasteiger partial charge in [0.15, 0.2) is 0 Å². The highest BCUT2D eigenvalue weighted by Crippen LogP contribution is 2.21. The summed E-state index contributed by atoms with van der Waals surface area (Å²) >= 11 is 0. The Morgan fingerprint density at radius 2 is 1.94 bits per heavy atom. The Balaban J connectivity index is 2.00. The maximum absolute atomic E-state index is 11.3. The molecule has 0 spiro atoms. The molecule has 1 heterocycles. The molecule has 18 heavy (non-hydrogen) atoms. The van der Waals surface area contributed by atoms with Gasteiger partial charge in [0.05, 0.1) is 0 Å². The maximum atomic E-state index is 11.3. The molecule has 1 aliphatic heterocycles. The lowest BCUT2D eigenvalue weighted by Gasteiger charge is -2.27. The van der Waals surface area contributed by atoms with E-state index in [1.807, 2.05) is 0 Å². The fraction of sp³-hybridized carbons (Fsp3) is 0.600. The quantitative estimate of drug-likeness (QED) is 0.910. The molecule has 1 fully saturated rings. The minimum absolute atomic E-state index is 0.376. The Kier molecular flexibility index (Phi) is 4.57. The number of rotatable bonds is 3. The Bertz CT molecular complexity index is 434. The van der Waals surface area contributed by atoms with Crippen LogP contribution in [0.4, 0.5) is 0 Å². The van der Waals surface area contributed by atoms with Crippen LogP contribution in [-0.2, 0) is 10.8 Å². The van der Waals surface area contributed by atoms with Gasteiger partial charge in [-0.1, -0.05) is 23.8 Å². The van der Waals surface area contributed by atoms with Gasteiger partial charge >= 0.3 is 0 Å². The molecule has 1 aromatic carbocycles. The van der Waals surface area contributed by atoms with Crippen LogP contribution in [0.3, 0.4) is 0 Å². The summed E-state index contributed by atoms with van der Waals surface area (Å²) in [6.07, 6.45) is 2.09. The topological polar surface area (TPSA) is 29.1 Å². The molecule has 0 aromatic heterocycles. The van der Waals surface area contributed by atoms with E-state index in [0.717, 1.165) is 24.3 Å². The van der Waals surface area contributed by atoms with Crippen molar-refractivity contribution in [2.45, 2.75) is 45.7 Å². The van der Waals surface area contributed by atoms with E-state index in [0.29, 0.717) is 12.1 Å². The minimum Gasteiger partial charge on any atom is -0.307 e. The fourth-order valence-electron chi connectivity index (χ4n) is 2.63. The third kappa shape index (κ3) is 3.42. The second-order valence-electron chi connectivity index (χ2n) is 5.37. The van der Waals surface area contributed by atoms with E-state index in [1.165, 1.54) is 16.7 Å². The summed E-state index contributed by atoms with van der Waals surface area (Å²) in [6.45, 7) is 6.54. The van der Waals surface area contributed by atoms with Crippen LogP contribution in [0.15, 0.2) is 18.2 Å². The lowest BCUT2D eigenvalue weighted by Crippen LogP contribution is -2.37. The van der Waals surface area contributed by atoms with Crippen molar-refractivity contribution in [2.75, 3.05) is 11.5 Å². The Hall–Kier alpha value is -0.670. The fourth-order valence-corrected chi connectivity index (χ4v) is 3.93. The molecule has 1 aliphatic rings. The van der Waals surface area contributed by atoms with Gasteiger partial charge in [-0.15, -0.1) is 0 Å². The monoisotopic (exact) mass is 265 g/mol. The number of aryl methyl sites for hydroxylation is 2. The van der Waals surface area contributed by atoms with Gasteiger partial charge in [0.1, 0.15) is 0 Å². The number of nitrogens with one attached hydrogen (secondary N) is 1. The molecule has 0 aliphatic carbocycles. The van der Waals surface area contributed by atoms with Crippen LogP contribution in [0.2, 0.25) is 0 Å². The van der Waals surface area contributed by atoms with Gasteiger partial charge in [-0.2, -0.15) is 0 Å². The van der Waals surface area contributed by atoms with E-state index in [2.05, 4.69) is 44.3 Å². The van der Waals surface area contributed by atoms with Crippen LogP contribution in [0.1, 0.15) is 42.5 Å². The van der Waals surface area contributed by atoms with Crippen LogP contribution in [0, 0.1) is 13.8 Å². The van der Waals surface area contributed by atoms with E-state index in [9.17, 15) is 4.21 Å². The molecule has 0 saturated carbocycles. The third-order valence-corrected chi connectivity index (χ3v) is 5.16. The normalized spacial score (nSPS) is 25.9. The lowest BCUT2D eigenvalue weighted by molar-refractivity contribution is 0.426. The Labute approximate surface area is 113 Å². The second-order valence-corrected chi connectivity index (χ2v) is 7.07. The summed E-state index contributed by atoms with van der Waals surface area (Å²) in [5.41, 5.74) is 4.05. The molecule has 0 amide bonds. The first-order valence-electron chi connectivity index (χ1n) is 6.74. The first-order chi connectivity index (χ1) is 8.56. The molecule has 1 aromatic rings. The molecule has 100 valence electrons. The molecular weight excluding hydrogens is 242 g/mol. The van der Waals surface area contributed by atoms with Crippen molar-refractivity contribution >= 4 is 10.8 Å². The first kappa shape index (κ1) is 13.8.